The van der Waals surface area contributed by atoms with E-state index in [0.717, 1.165) is 20.7 Å². The van der Waals surface area contributed by atoms with Gasteiger partial charge >= 0.3 is 0 Å². The number of nitrogens with one attached hydrogen (secondary N) is 1. The molecule has 0 radical (unpaired) electrons. The molecular formula is C22H19N3O4S. The van der Waals surface area contributed by atoms with Crippen LogP contribution in [0.15, 0.2) is 65.7 Å². The van der Waals surface area contributed by atoms with Crippen molar-refractivity contribution in [3.05, 3.63) is 76.2 Å². The Kier molecular flexibility index (Phi) is 5.49. The van der Waals surface area contributed by atoms with Gasteiger partial charge in [-0.2, -0.15) is 0 Å². The molecule has 152 valence electrons. The average molecular weight is 421 g/mol. The van der Waals surface area contributed by atoms with Crippen molar-refractivity contribution in [2.75, 3.05) is 19.1 Å². The third-order valence-electron chi connectivity index (χ3n) is 4.52. The van der Waals surface area contributed by atoms with Crippen molar-refractivity contribution in [2.45, 2.75) is 6.92 Å². The molecule has 0 fully saturated rings. The fourth-order valence-electron chi connectivity index (χ4n) is 3.18. The van der Waals surface area contributed by atoms with Crippen LogP contribution in [-0.2, 0) is 4.79 Å². The summed E-state index contributed by atoms with van der Waals surface area (Å²) in [6, 6.07) is 16.7. The minimum absolute atomic E-state index is 0.279. The van der Waals surface area contributed by atoms with E-state index in [9.17, 15) is 9.59 Å². The monoisotopic (exact) mass is 421 g/mol. The molecule has 4 aromatic rings. The number of ether oxygens (including phenoxy) is 2. The Morgan fingerprint density at radius 3 is 2.53 bits per heavy atom. The topological polar surface area (TPSA) is 82.4 Å². The molecule has 0 saturated carbocycles. The molecule has 0 aliphatic rings. The van der Waals surface area contributed by atoms with E-state index in [1.54, 1.807) is 24.3 Å². The minimum atomic E-state index is -0.489. The minimum Gasteiger partial charge on any atom is -0.493 e. The number of benzene rings is 2. The first-order chi connectivity index (χ1) is 14.6. The van der Waals surface area contributed by atoms with Crippen LogP contribution in [0, 0.1) is 6.92 Å². The first-order valence-electron chi connectivity index (χ1n) is 9.20. The van der Waals surface area contributed by atoms with Gasteiger partial charge in [-0.25, -0.2) is 9.66 Å². The van der Waals surface area contributed by atoms with Crippen molar-refractivity contribution in [3.8, 4) is 22.6 Å². The number of hydrogen-bond acceptors (Lipinski definition) is 6. The Bertz CT molecular complexity index is 1260. The fourth-order valence-corrected chi connectivity index (χ4v) is 4.19. The summed E-state index contributed by atoms with van der Waals surface area (Å²) >= 11 is 1.45. The molecule has 2 heterocycles. The predicted molar refractivity (Wildman–Crippen MR) is 117 cm³/mol. The highest BCUT2D eigenvalue weighted by Crippen LogP contribution is 2.35. The zero-order valence-corrected chi connectivity index (χ0v) is 17.2. The number of carbonyl (C=O) groups excluding carboxylic acids is 1. The summed E-state index contributed by atoms with van der Waals surface area (Å²) in [6.45, 7) is 1.68. The summed E-state index contributed by atoms with van der Waals surface area (Å²) < 4.78 is 11.8. The van der Waals surface area contributed by atoms with E-state index >= 15 is 0 Å². The molecule has 7 nitrogen and oxygen atoms in total. The zero-order valence-electron chi connectivity index (χ0n) is 16.4. The van der Waals surface area contributed by atoms with Crippen LogP contribution in [0.1, 0.15) is 4.88 Å². The van der Waals surface area contributed by atoms with Crippen molar-refractivity contribution in [2.24, 2.45) is 0 Å². The summed E-state index contributed by atoms with van der Waals surface area (Å²) in [5, 5.41) is 0.483. The van der Waals surface area contributed by atoms with E-state index in [0.29, 0.717) is 21.7 Å². The molecule has 0 bridgehead atoms. The third-order valence-corrected chi connectivity index (χ3v) is 5.54. The van der Waals surface area contributed by atoms with Gasteiger partial charge in [0.15, 0.2) is 18.1 Å². The average Bonchev–Trinajstić information content (AvgIpc) is 3.11. The molecule has 4 rings (SSSR count). The third kappa shape index (κ3) is 3.77. The van der Waals surface area contributed by atoms with E-state index in [1.807, 2.05) is 37.3 Å². The molecule has 1 amide bonds. The molecule has 0 aliphatic carbocycles. The molecule has 8 heteroatoms. The van der Waals surface area contributed by atoms with Crippen LogP contribution < -0.4 is 20.5 Å². The highest BCUT2D eigenvalue weighted by molar-refractivity contribution is 7.19. The number of methoxy groups -OCH3 is 1. The zero-order chi connectivity index (χ0) is 21.1. The molecule has 0 saturated heterocycles. The SMILES string of the molecule is COc1ccccc1OCC(=O)Nn1cnc2sc(C)c(-c3ccccc3)c2c1=O. The van der Waals surface area contributed by atoms with Gasteiger partial charge in [0.05, 0.1) is 12.5 Å². The van der Waals surface area contributed by atoms with Gasteiger partial charge in [0, 0.05) is 10.4 Å². The second-order valence-electron chi connectivity index (χ2n) is 6.47. The number of para-hydroxylation sites is 2. The number of aromatic nitrogens is 2. The van der Waals surface area contributed by atoms with Crippen molar-refractivity contribution >= 4 is 27.5 Å². The standard InChI is InChI=1S/C22H19N3O4S/c1-14-19(15-8-4-3-5-9-15)20-21(30-14)23-13-25(22(20)27)24-18(26)12-29-17-11-7-6-10-16(17)28-2/h3-11,13H,12H2,1-2H3,(H,24,26). The number of aryl methyl sites for hydroxylation is 1. The Morgan fingerprint density at radius 1 is 1.10 bits per heavy atom. The van der Waals surface area contributed by atoms with Crippen molar-refractivity contribution < 1.29 is 14.3 Å². The van der Waals surface area contributed by atoms with Crippen molar-refractivity contribution in [3.63, 3.8) is 0 Å². The molecule has 1 N–H and O–H groups in total. The van der Waals surface area contributed by atoms with Crippen molar-refractivity contribution in [1.29, 1.82) is 0 Å². The molecule has 0 aliphatic heterocycles. The lowest BCUT2D eigenvalue weighted by Gasteiger charge is -2.11. The largest absolute Gasteiger partial charge is 0.493 e. The van der Waals surface area contributed by atoms with E-state index in [2.05, 4.69) is 10.4 Å². The first-order valence-corrected chi connectivity index (χ1v) is 10.0. The summed E-state index contributed by atoms with van der Waals surface area (Å²) in [6.07, 6.45) is 1.32. The van der Waals surface area contributed by atoms with Crippen LogP contribution in [0.2, 0.25) is 0 Å². The van der Waals surface area contributed by atoms with E-state index in [-0.39, 0.29) is 12.2 Å². The highest BCUT2D eigenvalue weighted by atomic mass is 32.1. The van der Waals surface area contributed by atoms with E-state index in [1.165, 1.54) is 24.8 Å². The van der Waals surface area contributed by atoms with E-state index < -0.39 is 5.91 Å². The molecule has 30 heavy (non-hydrogen) atoms. The van der Waals surface area contributed by atoms with Crippen LogP contribution >= 0.6 is 11.3 Å². The molecule has 0 spiro atoms. The van der Waals surface area contributed by atoms with Gasteiger partial charge in [0.25, 0.3) is 11.5 Å². The quantitative estimate of drug-likeness (QED) is 0.514. The number of rotatable bonds is 6. The van der Waals surface area contributed by atoms with Gasteiger partial charge in [0.1, 0.15) is 11.2 Å². The van der Waals surface area contributed by atoms with Crippen LogP contribution in [0.5, 0.6) is 11.5 Å². The van der Waals surface area contributed by atoms with Gasteiger partial charge in [-0.15, -0.1) is 11.3 Å². The van der Waals surface area contributed by atoms with Gasteiger partial charge in [-0.1, -0.05) is 42.5 Å². The predicted octanol–water partition coefficient (Wildman–Crippen LogP) is 3.59. The number of nitrogens with zero attached hydrogens (tertiary/aromatic N) is 2. The Labute approximate surface area is 176 Å². The number of thiophene rings is 1. The van der Waals surface area contributed by atoms with Gasteiger partial charge in [0.2, 0.25) is 0 Å². The summed E-state index contributed by atoms with van der Waals surface area (Å²) in [5.41, 5.74) is 3.97. The lowest BCUT2D eigenvalue weighted by atomic mass is 10.0. The van der Waals surface area contributed by atoms with Gasteiger partial charge in [-0.05, 0) is 24.6 Å². The smallest absolute Gasteiger partial charge is 0.281 e. The Morgan fingerprint density at radius 2 is 1.80 bits per heavy atom. The van der Waals surface area contributed by atoms with Crippen LogP contribution in [0.3, 0.4) is 0 Å². The maximum Gasteiger partial charge on any atom is 0.281 e. The number of fused-ring (bicyclic) bond motifs is 1. The number of amides is 1. The summed E-state index contributed by atoms with van der Waals surface area (Å²) in [5.74, 6) is 0.472. The molecule has 2 aromatic heterocycles. The Hall–Kier alpha value is -3.65. The number of carbonyl (C=O) groups is 1. The van der Waals surface area contributed by atoms with Crippen LogP contribution in [0.25, 0.3) is 21.3 Å². The maximum atomic E-state index is 13.1. The van der Waals surface area contributed by atoms with Crippen LogP contribution in [0.4, 0.5) is 0 Å². The van der Waals surface area contributed by atoms with Crippen LogP contribution in [-0.4, -0.2) is 29.3 Å². The molecule has 2 aromatic carbocycles. The lowest BCUT2D eigenvalue weighted by molar-refractivity contribution is -0.119. The summed E-state index contributed by atoms with van der Waals surface area (Å²) in [4.78, 5) is 31.4. The number of hydrogen-bond donors (Lipinski definition) is 1. The van der Waals surface area contributed by atoms with Gasteiger partial charge in [-0.3, -0.25) is 15.0 Å². The first kappa shape index (κ1) is 19.7. The summed E-state index contributed by atoms with van der Waals surface area (Å²) in [7, 11) is 1.52. The van der Waals surface area contributed by atoms with E-state index in [4.69, 9.17) is 9.47 Å². The second-order valence-corrected chi connectivity index (χ2v) is 7.68. The van der Waals surface area contributed by atoms with Crippen molar-refractivity contribution in [1.82, 2.24) is 9.66 Å². The lowest BCUT2D eigenvalue weighted by Crippen LogP contribution is -2.35. The molecular weight excluding hydrogens is 402 g/mol. The fraction of sp³-hybridized carbons (Fsp3) is 0.136. The molecule has 0 unspecified atom stereocenters. The highest BCUT2D eigenvalue weighted by Gasteiger charge is 2.17. The molecule has 0 atom stereocenters. The normalized spacial score (nSPS) is 10.7. The van der Waals surface area contributed by atoms with Gasteiger partial charge < -0.3 is 9.47 Å². The Balaban J connectivity index is 1.60. The second kappa shape index (κ2) is 8.38. The maximum absolute atomic E-state index is 13.1.